The van der Waals surface area contributed by atoms with Gasteiger partial charge in [-0.15, -0.1) is 0 Å². The van der Waals surface area contributed by atoms with Crippen molar-refractivity contribution in [3.63, 3.8) is 0 Å². The summed E-state index contributed by atoms with van der Waals surface area (Å²) in [4.78, 5) is 10.9. The van der Waals surface area contributed by atoms with Crippen LogP contribution in [0.4, 0.5) is 0 Å². The number of benzene rings is 1. The Morgan fingerprint density at radius 1 is 1.33 bits per heavy atom. The van der Waals surface area contributed by atoms with E-state index in [-0.39, 0.29) is 0 Å². The maximum Gasteiger partial charge on any atom is 0.252 e. The van der Waals surface area contributed by atoms with Crippen LogP contribution in [0.25, 0.3) is 0 Å². The van der Waals surface area contributed by atoms with Gasteiger partial charge in [-0.1, -0.05) is 15.9 Å². The van der Waals surface area contributed by atoms with Gasteiger partial charge in [0.1, 0.15) is 0 Å². The molecule has 0 aliphatic heterocycles. The molecular formula is C9H8BrClO. The molecule has 0 N–H and O–H groups in total. The molecule has 1 rings (SSSR count). The smallest absolute Gasteiger partial charge is 0.252 e. The lowest BCUT2D eigenvalue weighted by molar-refractivity contribution is 0.108. The summed E-state index contributed by atoms with van der Waals surface area (Å²) in [6, 6.07) is 3.76. The number of aryl methyl sites for hydroxylation is 2. The van der Waals surface area contributed by atoms with Crippen LogP contribution >= 0.6 is 27.5 Å². The van der Waals surface area contributed by atoms with Crippen molar-refractivity contribution < 1.29 is 4.79 Å². The standard InChI is InChI=1S/C9H8BrClO/c1-5-3-7(10)4-6(2)8(5)9(11)12/h3-4H,1-2H3. The molecule has 1 aromatic carbocycles. The van der Waals surface area contributed by atoms with E-state index >= 15 is 0 Å². The predicted molar refractivity (Wildman–Crippen MR) is 53.8 cm³/mol. The number of hydrogen-bond acceptors (Lipinski definition) is 1. The number of halogens is 2. The summed E-state index contributed by atoms with van der Waals surface area (Å²) in [6.07, 6.45) is 0. The highest BCUT2D eigenvalue weighted by atomic mass is 79.9. The first kappa shape index (κ1) is 9.75. The van der Waals surface area contributed by atoms with E-state index in [1.165, 1.54) is 0 Å². The number of rotatable bonds is 1. The van der Waals surface area contributed by atoms with Gasteiger partial charge in [0.15, 0.2) is 0 Å². The first-order valence-corrected chi connectivity index (χ1v) is 4.66. The Hall–Kier alpha value is -0.340. The average Bonchev–Trinajstić information content (AvgIpc) is 1.82. The third-order valence-corrected chi connectivity index (χ3v) is 2.34. The largest absolute Gasteiger partial charge is 0.276 e. The molecule has 0 bridgehead atoms. The Morgan fingerprint density at radius 2 is 1.75 bits per heavy atom. The van der Waals surface area contributed by atoms with E-state index in [0.29, 0.717) is 5.56 Å². The summed E-state index contributed by atoms with van der Waals surface area (Å²) in [5.74, 6) is 0. The van der Waals surface area contributed by atoms with Crippen LogP contribution in [0.5, 0.6) is 0 Å². The third kappa shape index (κ3) is 1.87. The van der Waals surface area contributed by atoms with Gasteiger partial charge in [-0.2, -0.15) is 0 Å². The molecule has 0 spiro atoms. The highest BCUT2D eigenvalue weighted by Gasteiger charge is 2.09. The molecule has 0 aliphatic carbocycles. The van der Waals surface area contributed by atoms with Crippen molar-refractivity contribution >= 4 is 32.8 Å². The summed E-state index contributed by atoms with van der Waals surface area (Å²) in [6.45, 7) is 3.74. The molecule has 0 radical (unpaired) electrons. The Kier molecular flexibility index (Phi) is 2.91. The van der Waals surface area contributed by atoms with E-state index in [1.54, 1.807) is 0 Å². The highest BCUT2D eigenvalue weighted by molar-refractivity contribution is 9.10. The second-order valence-electron chi connectivity index (χ2n) is 2.69. The minimum Gasteiger partial charge on any atom is -0.276 e. The van der Waals surface area contributed by atoms with Crippen molar-refractivity contribution in [1.82, 2.24) is 0 Å². The molecule has 1 aromatic rings. The first-order chi connectivity index (χ1) is 5.52. The van der Waals surface area contributed by atoms with Gasteiger partial charge in [0, 0.05) is 10.0 Å². The molecule has 0 saturated heterocycles. The molecule has 0 aliphatic rings. The van der Waals surface area contributed by atoms with Crippen molar-refractivity contribution in [3.8, 4) is 0 Å². The number of carbonyl (C=O) groups is 1. The van der Waals surface area contributed by atoms with E-state index in [9.17, 15) is 4.79 Å². The monoisotopic (exact) mass is 246 g/mol. The van der Waals surface area contributed by atoms with Gasteiger partial charge >= 0.3 is 0 Å². The molecule has 0 unspecified atom stereocenters. The topological polar surface area (TPSA) is 17.1 Å². The van der Waals surface area contributed by atoms with Gasteiger partial charge in [0.25, 0.3) is 5.24 Å². The molecule has 1 nitrogen and oxygen atoms in total. The second kappa shape index (κ2) is 3.58. The van der Waals surface area contributed by atoms with E-state index < -0.39 is 5.24 Å². The summed E-state index contributed by atoms with van der Waals surface area (Å²) in [5, 5.41) is -0.391. The van der Waals surface area contributed by atoms with Crippen molar-refractivity contribution in [2.24, 2.45) is 0 Å². The molecule has 0 heterocycles. The molecule has 3 heteroatoms. The van der Waals surface area contributed by atoms with Gasteiger partial charge in [0.2, 0.25) is 0 Å². The van der Waals surface area contributed by atoms with Gasteiger partial charge in [-0.25, -0.2) is 0 Å². The van der Waals surface area contributed by atoms with E-state index in [0.717, 1.165) is 15.6 Å². The minimum absolute atomic E-state index is 0.391. The van der Waals surface area contributed by atoms with Crippen LogP contribution in [-0.4, -0.2) is 5.24 Å². The Morgan fingerprint density at radius 3 is 2.08 bits per heavy atom. The molecule has 0 fully saturated rings. The Balaban J connectivity index is 3.38. The van der Waals surface area contributed by atoms with Crippen LogP contribution in [0.2, 0.25) is 0 Å². The van der Waals surface area contributed by atoms with Crippen LogP contribution < -0.4 is 0 Å². The minimum atomic E-state index is -0.391. The van der Waals surface area contributed by atoms with Gasteiger partial charge in [-0.05, 0) is 48.7 Å². The zero-order valence-electron chi connectivity index (χ0n) is 6.82. The van der Waals surface area contributed by atoms with E-state index in [4.69, 9.17) is 11.6 Å². The Bertz CT molecular complexity index is 310. The average molecular weight is 248 g/mol. The summed E-state index contributed by atoms with van der Waals surface area (Å²) >= 11 is 8.75. The SMILES string of the molecule is Cc1cc(Br)cc(C)c1C(=O)Cl. The van der Waals surface area contributed by atoms with Crippen LogP contribution in [-0.2, 0) is 0 Å². The maximum atomic E-state index is 10.9. The van der Waals surface area contributed by atoms with Crippen LogP contribution in [0.1, 0.15) is 21.5 Å². The van der Waals surface area contributed by atoms with Crippen LogP contribution in [0.3, 0.4) is 0 Å². The fraction of sp³-hybridized carbons (Fsp3) is 0.222. The van der Waals surface area contributed by atoms with Crippen molar-refractivity contribution in [3.05, 3.63) is 33.3 Å². The summed E-state index contributed by atoms with van der Waals surface area (Å²) in [7, 11) is 0. The van der Waals surface area contributed by atoms with Crippen molar-refractivity contribution in [2.45, 2.75) is 13.8 Å². The summed E-state index contributed by atoms with van der Waals surface area (Å²) < 4.78 is 0.971. The van der Waals surface area contributed by atoms with Gasteiger partial charge < -0.3 is 0 Å². The molecule has 64 valence electrons. The Labute approximate surface area is 84.9 Å². The lowest BCUT2D eigenvalue weighted by Gasteiger charge is -2.05. The molecule has 12 heavy (non-hydrogen) atoms. The lowest BCUT2D eigenvalue weighted by Crippen LogP contribution is -1.97. The lowest BCUT2D eigenvalue weighted by atomic mass is 10.0. The maximum absolute atomic E-state index is 10.9. The zero-order chi connectivity index (χ0) is 9.30. The number of carbonyl (C=O) groups excluding carboxylic acids is 1. The van der Waals surface area contributed by atoms with E-state index in [2.05, 4.69) is 15.9 Å². The first-order valence-electron chi connectivity index (χ1n) is 3.49. The molecule has 0 atom stereocenters. The fourth-order valence-electron chi connectivity index (χ4n) is 1.22. The van der Waals surface area contributed by atoms with Crippen molar-refractivity contribution in [1.29, 1.82) is 0 Å². The quantitative estimate of drug-likeness (QED) is 0.695. The summed E-state index contributed by atoms with van der Waals surface area (Å²) in [5.41, 5.74) is 2.42. The molecule has 0 amide bonds. The fourth-order valence-corrected chi connectivity index (χ4v) is 2.21. The third-order valence-electron chi connectivity index (χ3n) is 1.69. The van der Waals surface area contributed by atoms with Gasteiger partial charge in [0.05, 0.1) is 0 Å². The van der Waals surface area contributed by atoms with Crippen LogP contribution in [0.15, 0.2) is 16.6 Å². The zero-order valence-corrected chi connectivity index (χ0v) is 9.16. The molecule has 0 saturated carbocycles. The molecule has 0 aromatic heterocycles. The van der Waals surface area contributed by atoms with E-state index in [1.807, 2.05) is 26.0 Å². The van der Waals surface area contributed by atoms with Gasteiger partial charge in [-0.3, -0.25) is 4.79 Å². The second-order valence-corrected chi connectivity index (χ2v) is 3.95. The molecular weight excluding hydrogens is 239 g/mol. The van der Waals surface area contributed by atoms with Crippen molar-refractivity contribution in [2.75, 3.05) is 0 Å². The van der Waals surface area contributed by atoms with Crippen LogP contribution in [0, 0.1) is 13.8 Å². The normalized spacial score (nSPS) is 10.0. The number of hydrogen-bond donors (Lipinski definition) is 0. The highest BCUT2D eigenvalue weighted by Crippen LogP contribution is 2.21. The predicted octanol–water partition coefficient (Wildman–Crippen LogP) is 3.44.